The minimum Gasteiger partial charge on any atom is -0.466 e. The predicted molar refractivity (Wildman–Crippen MR) is 250 cm³/mol. The Hall–Kier alpha value is -5.93. The first-order chi connectivity index (χ1) is 29.9. The fraction of sp³-hybridized carbons (Fsp3) is 0.571. The minimum absolute atomic E-state index is 0.0937. The first-order valence-corrected chi connectivity index (χ1v) is 21.9. The first-order valence-electron chi connectivity index (χ1n) is 21.9. The van der Waals surface area contributed by atoms with Gasteiger partial charge >= 0.3 is 18.2 Å². The molecule has 0 spiro atoms. The van der Waals surface area contributed by atoms with Gasteiger partial charge in [0.2, 0.25) is 23.6 Å². The summed E-state index contributed by atoms with van der Waals surface area (Å²) in [4.78, 5) is 96.4. The summed E-state index contributed by atoms with van der Waals surface area (Å²) in [6.45, 7) is 24.7. The summed E-state index contributed by atoms with van der Waals surface area (Å²) in [7, 11) is 4.40. The number of rotatable bonds is 18. The zero-order chi connectivity index (χ0) is 49.8. The normalized spacial score (nSPS) is 14.5. The number of nitrogens with zero attached hydrogens (tertiary/aromatic N) is 2. The topological polar surface area (TPSA) is 202 Å². The molecule has 16 nitrogen and oxygen atoms in total. The molecule has 0 radical (unpaired) electrons. The van der Waals surface area contributed by atoms with Crippen molar-refractivity contribution < 1.29 is 47.8 Å². The van der Waals surface area contributed by atoms with Crippen LogP contribution >= 0.6 is 0 Å². The maximum absolute atomic E-state index is 14.7. The van der Waals surface area contributed by atoms with E-state index in [0.717, 1.165) is 5.56 Å². The van der Waals surface area contributed by atoms with E-state index < -0.39 is 82.5 Å². The van der Waals surface area contributed by atoms with Gasteiger partial charge in [0.15, 0.2) is 0 Å². The van der Waals surface area contributed by atoms with E-state index in [4.69, 9.17) is 14.2 Å². The van der Waals surface area contributed by atoms with Gasteiger partial charge in [0.25, 0.3) is 0 Å². The van der Waals surface area contributed by atoms with Crippen molar-refractivity contribution in [3.8, 4) is 0 Å². The Bertz CT molecular complexity index is 2000. The van der Waals surface area contributed by atoms with Crippen molar-refractivity contribution in [1.82, 2.24) is 25.8 Å². The zero-order valence-electron chi connectivity index (χ0n) is 41.5. The molecule has 4 N–H and O–H groups in total. The van der Waals surface area contributed by atoms with Gasteiger partial charge in [-0.05, 0) is 75.1 Å². The number of likely N-dealkylation sites (N-methyl/N-ethyl adjacent to an activating group) is 2. The molecule has 5 atom stereocenters. The molecular weight excluding hydrogens is 833 g/mol. The molecule has 0 saturated carbocycles. The van der Waals surface area contributed by atoms with Crippen LogP contribution in [0, 0.1) is 17.3 Å². The van der Waals surface area contributed by atoms with Crippen LogP contribution < -0.4 is 21.3 Å². The second-order valence-corrected chi connectivity index (χ2v) is 19.8. The molecule has 2 aromatic rings. The Balaban J connectivity index is 2.29. The number of carbonyl (C=O) groups excluding carboxylic acids is 7. The molecular formula is C49H74N6O10. The molecule has 0 heterocycles. The van der Waals surface area contributed by atoms with E-state index in [9.17, 15) is 33.6 Å². The fourth-order valence-corrected chi connectivity index (χ4v) is 7.10. The van der Waals surface area contributed by atoms with Crippen LogP contribution in [0.3, 0.4) is 0 Å². The largest absolute Gasteiger partial charge is 0.466 e. The highest BCUT2D eigenvalue weighted by molar-refractivity contribution is 5.98. The number of hydrogen-bond acceptors (Lipinski definition) is 10. The Morgan fingerprint density at radius 2 is 1.28 bits per heavy atom. The Labute approximate surface area is 385 Å². The molecule has 2 aromatic carbocycles. The summed E-state index contributed by atoms with van der Waals surface area (Å²) in [6, 6.07) is 11.2. The lowest BCUT2D eigenvalue weighted by atomic mass is 9.76. The van der Waals surface area contributed by atoms with Crippen LogP contribution in [0.5, 0.6) is 0 Å². The van der Waals surface area contributed by atoms with E-state index >= 15 is 0 Å². The van der Waals surface area contributed by atoms with Crippen molar-refractivity contribution in [1.29, 1.82) is 0 Å². The lowest BCUT2D eigenvalue weighted by Gasteiger charge is -2.42. The van der Waals surface area contributed by atoms with Gasteiger partial charge in [-0.1, -0.05) is 111 Å². The molecule has 0 aromatic heterocycles. The van der Waals surface area contributed by atoms with E-state index in [-0.39, 0.29) is 24.3 Å². The molecule has 0 bridgehead atoms. The fourth-order valence-electron chi connectivity index (χ4n) is 7.10. The highest BCUT2D eigenvalue weighted by atomic mass is 16.6. The molecule has 0 fully saturated rings. The molecule has 0 aliphatic heterocycles. The minimum atomic E-state index is -1.16. The summed E-state index contributed by atoms with van der Waals surface area (Å²) in [5.41, 5.74) is -0.413. The van der Waals surface area contributed by atoms with Crippen LogP contribution in [0.25, 0.3) is 0 Å². The van der Waals surface area contributed by atoms with Gasteiger partial charge in [0.05, 0.1) is 13.2 Å². The molecule has 65 heavy (non-hydrogen) atoms. The quantitative estimate of drug-likeness (QED) is 0.0707. The maximum Gasteiger partial charge on any atom is 0.410 e. The number of nitrogens with one attached hydrogen (secondary N) is 4. The van der Waals surface area contributed by atoms with E-state index in [1.807, 2.05) is 78.8 Å². The van der Waals surface area contributed by atoms with Crippen LogP contribution in [-0.4, -0.2) is 109 Å². The number of methoxy groups -OCH3 is 1. The van der Waals surface area contributed by atoms with Crippen molar-refractivity contribution >= 4 is 47.5 Å². The van der Waals surface area contributed by atoms with Crippen LogP contribution in [-0.2, 0) is 50.2 Å². The standard InChI is InChI=1S/C49H74N6O10/c1-29(2)36(27-31(5)44(60)63-17)54(15)43(59)38(47(7,8)9)53-42(58)39(49(13,14)34-21-19-18-20-22-34)55(16)46(62)64-28-33-23-25-35(26-24-33)51-40(56)32(6)50-41(57)37(30(3)4)52-45(61)65-48(10,11)12/h18-27,29-30,32,36-39H,28H2,1-17H3,(H,50,57)(H,51,56)(H,52,61)(H,53,58)/b31-27+/t32-,36+,37-,38+,39+/m0/s1. The summed E-state index contributed by atoms with van der Waals surface area (Å²) < 4.78 is 15.9. The molecule has 6 amide bonds. The van der Waals surface area contributed by atoms with Crippen LogP contribution in [0.2, 0.25) is 0 Å². The van der Waals surface area contributed by atoms with Crippen molar-refractivity contribution in [2.24, 2.45) is 17.3 Å². The van der Waals surface area contributed by atoms with Crippen LogP contribution in [0.15, 0.2) is 66.2 Å². The third kappa shape index (κ3) is 16.2. The Morgan fingerprint density at radius 3 is 1.77 bits per heavy atom. The summed E-state index contributed by atoms with van der Waals surface area (Å²) >= 11 is 0. The van der Waals surface area contributed by atoms with Crippen molar-refractivity contribution in [3.63, 3.8) is 0 Å². The lowest BCUT2D eigenvalue weighted by molar-refractivity contribution is -0.142. The highest BCUT2D eigenvalue weighted by Gasteiger charge is 2.45. The number of anilines is 1. The lowest BCUT2D eigenvalue weighted by Crippen LogP contribution is -2.63. The van der Waals surface area contributed by atoms with Crippen molar-refractivity contribution in [3.05, 3.63) is 77.4 Å². The monoisotopic (exact) mass is 907 g/mol. The predicted octanol–water partition coefficient (Wildman–Crippen LogP) is 6.73. The molecule has 0 saturated heterocycles. The smallest absolute Gasteiger partial charge is 0.410 e. The van der Waals surface area contributed by atoms with Gasteiger partial charge in [0, 0.05) is 30.8 Å². The van der Waals surface area contributed by atoms with Crippen molar-refractivity contribution in [2.75, 3.05) is 26.5 Å². The molecule has 0 unspecified atom stereocenters. The van der Waals surface area contributed by atoms with Gasteiger partial charge in [-0.3, -0.25) is 24.1 Å². The van der Waals surface area contributed by atoms with E-state index in [1.54, 1.807) is 78.9 Å². The van der Waals surface area contributed by atoms with Gasteiger partial charge in [0.1, 0.15) is 36.4 Å². The molecule has 360 valence electrons. The summed E-state index contributed by atoms with van der Waals surface area (Å²) in [5, 5.41) is 11.0. The third-order valence-electron chi connectivity index (χ3n) is 10.9. The van der Waals surface area contributed by atoms with Crippen molar-refractivity contribution in [2.45, 2.75) is 145 Å². The molecule has 16 heteroatoms. The van der Waals surface area contributed by atoms with E-state index in [0.29, 0.717) is 16.8 Å². The zero-order valence-corrected chi connectivity index (χ0v) is 41.5. The summed E-state index contributed by atoms with van der Waals surface area (Å²) in [5.74, 6) is -2.91. The number of alkyl carbamates (subject to hydrolysis) is 1. The van der Waals surface area contributed by atoms with Crippen LogP contribution in [0.1, 0.15) is 108 Å². The average molecular weight is 907 g/mol. The van der Waals surface area contributed by atoms with E-state index in [1.165, 1.54) is 30.9 Å². The van der Waals surface area contributed by atoms with Gasteiger partial charge in [-0.15, -0.1) is 0 Å². The average Bonchev–Trinajstić information content (AvgIpc) is 3.21. The third-order valence-corrected chi connectivity index (χ3v) is 10.9. The molecule has 0 aliphatic rings. The van der Waals surface area contributed by atoms with Gasteiger partial charge in [-0.25, -0.2) is 14.4 Å². The second-order valence-electron chi connectivity index (χ2n) is 19.8. The number of hydrogen-bond donors (Lipinski definition) is 4. The number of carbonyl (C=O) groups is 7. The summed E-state index contributed by atoms with van der Waals surface area (Å²) in [6.07, 6.45) is 0.145. The number of ether oxygens (including phenoxy) is 3. The number of esters is 1. The number of benzene rings is 2. The van der Waals surface area contributed by atoms with E-state index in [2.05, 4.69) is 21.3 Å². The highest BCUT2D eigenvalue weighted by Crippen LogP contribution is 2.32. The second kappa shape index (κ2) is 23.3. The van der Waals surface area contributed by atoms with Gasteiger partial charge in [-0.2, -0.15) is 0 Å². The van der Waals surface area contributed by atoms with Crippen LogP contribution in [0.4, 0.5) is 15.3 Å². The molecule has 0 aliphatic carbocycles. The Morgan fingerprint density at radius 1 is 0.708 bits per heavy atom. The SMILES string of the molecule is COC(=O)/C(C)=C/[C@H](C(C)C)N(C)C(=O)[C@@H](NC(=O)[C@@H](N(C)C(=O)OCc1ccc(NC(=O)[C@H](C)NC(=O)[C@@H](NC(=O)OC(C)(C)C)C(C)C)cc1)C(C)(C)c1ccccc1)C(C)(C)C. The number of amides is 6. The molecule has 2 rings (SSSR count). The van der Waals surface area contributed by atoms with Gasteiger partial charge < -0.3 is 40.4 Å². The first kappa shape index (κ1) is 55.2. The Kier molecular flexibility index (Phi) is 19.8. The maximum atomic E-state index is 14.7.